The summed E-state index contributed by atoms with van der Waals surface area (Å²) in [6.07, 6.45) is 3.76. The number of nitrogens with zero attached hydrogens (tertiary/aromatic N) is 2. The maximum atomic E-state index is 12.9. The number of benzene rings is 1. The van der Waals surface area contributed by atoms with E-state index in [2.05, 4.69) is 27.8 Å². The lowest BCUT2D eigenvalue weighted by Gasteiger charge is -2.47. The third-order valence-corrected chi connectivity index (χ3v) is 5.93. The predicted molar refractivity (Wildman–Crippen MR) is 88.9 cm³/mol. The maximum absolute atomic E-state index is 12.9. The molecule has 1 aromatic carbocycles. The molecule has 0 aromatic heterocycles. The molecule has 0 bridgehead atoms. The minimum atomic E-state index is 0.0547. The van der Waals surface area contributed by atoms with Crippen LogP contribution in [0.4, 0.5) is 0 Å². The second-order valence-corrected chi connectivity index (χ2v) is 7.28. The smallest absolute Gasteiger partial charge is 0.255 e. The number of fused-ring (bicyclic) bond motifs is 1. The van der Waals surface area contributed by atoms with Crippen LogP contribution in [0.25, 0.3) is 0 Å². The van der Waals surface area contributed by atoms with Crippen molar-refractivity contribution in [3.63, 3.8) is 0 Å². The summed E-state index contributed by atoms with van der Waals surface area (Å²) in [4.78, 5) is 17.4. The summed E-state index contributed by atoms with van der Waals surface area (Å²) < 4.78 is 0.777. The van der Waals surface area contributed by atoms with Gasteiger partial charge in [-0.15, -0.1) is 0 Å². The summed E-state index contributed by atoms with van der Waals surface area (Å²) in [6.45, 7) is 5.11. The van der Waals surface area contributed by atoms with E-state index in [4.69, 9.17) is 11.6 Å². The van der Waals surface area contributed by atoms with E-state index >= 15 is 0 Å². The Hall–Kier alpha value is -0.580. The first-order valence-corrected chi connectivity index (χ1v) is 8.74. The first-order chi connectivity index (χ1) is 10.1. The molecule has 21 heavy (non-hydrogen) atoms. The highest BCUT2D eigenvalue weighted by Crippen LogP contribution is 2.30. The molecule has 2 saturated heterocycles. The van der Waals surface area contributed by atoms with Gasteiger partial charge >= 0.3 is 0 Å². The van der Waals surface area contributed by atoms with Gasteiger partial charge in [-0.2, -0.15) is 0 Å². The second kappa shape index (κ2) is 6.27. The van der Waals surface area contributed by atoms with Gasteiger partial charge < -0.3 is 4.90 Å². The van der Waals surface area contributed by atoms with Gasteiger partial charge in [-0.05, 0) is 54.4 Å². The first-order valence-electron chi connectivity index (χ1n) is 7.57. The van der Waals surface area contributed by atoms with Crippen LogP contribution >= 0.6 is 27.5 Å². The van der Waals surface area contributed by atoms with Gasteiger partial charge in [0.15, 0.2) is 0 Å². The normalized spacial score (nSPS) is 26.5. The molecule has 2 unspecified atom stereocenters. The van der Waals surface area contributed by atoms with Crippen LogP contribution in [0, 0.1) is 0 Å². The van der Waals surface area contributed by atoms with Crippen molar-refractivity contribution >= 4 is 33.4 Å². The largest absolute Gasteiger partial charge is 0.333 e. The van der Waals surface area contributed by atoms with E-state index in [-0.39, 0.29) is 11.9 Å². The minimum Gasteiger partial charge on any atom is -0.333 e. The Labute approximate surface area is 139 Å². The van der Waals surface area contributed by atoms with Crippen LogP contribution in [-0.4, -0.2) is 47.4 Å². The van der Waals surface area contributed by atoms with E-state index in [1.807, 2.05) is 23.1 Å². The van der Waals surface area contributed by atoms with Crippen LogP contribution in [0.5, 0.6) is 0 Å². The van der Waals surface area contributed by atoms with E-state index in [9.17, 15) is 4.79 Å². The number of hydrogen-bond acceptors (Lipinski definition) is 2. The summed E-state index contributed by atoms with van der Waals surface area (Å²) in [5, 5.41) is 0.515. The lowest BCUT2D eigenvalue weighted by atomic mass is 9.96. The SMILES string of the molecule is CC1CN2CCCCC2CN1C(=O)c1cccc(Br)c1Cl. The van der Waals surface area contributed by atoms with Crippen LogP contribution < -0.4 is 0 Å². The molecule has 0 aliphatic carbocycles. The predicted octanol–water partition coefficient (Wildman–Crippen LogP) is 3.80. The van der Waals surface area contributed by atoms with Crippen molar-refractivity contribution in [3.8, 4) is 0 Å². The molecule has 2 atom stereocenters. The molecule has 3 nitrogen and oxygen atoms in total. The summed E-state index contributed by atoms with van der Waals surface area (Å²) in [5.74, 6) is 0.0547. The topological polar surface area (TPSA) is 23.6 Å². The molecule has 3 rings (SSSR count). The molecule has 0 N–H and O–H groups in total. The molecule has 2 heterocycles. The van der Waals surface area contributed by atoms with Crippen LogP contribution in [0.2, 0.25) is 5.02 Å². The standard InChI is InChI=1S/C16H20BrClN2O/c1-11-9-19-8-3-2-5-12(19)10-20(11)16(21)13-6-4-7-14(17)15(13)18/h4,6-7,11-12H,2-3,5,8-10H2,1H3. The van der Waals surface area contributed by atoms with Crippen molar-refractivity contribution in [1.82, 2.24) is 9.80 Å². The molecular formula is C16H20BrClN2O. The number of carbonyl (C=O) groups excluding carboxylic acids is 1. The van der Waals surface area contributed by atoms with Gasteiger partial charge in [0.05, 0.1) is 10.6 Å². The van der Waals surface area contributed by atoms with E-state index < -0.39 is 0 Å². The van der Waals surface area contributed by atoms with Gasteiger partial charge in [-0.25, -0.2) is 0 Å². The first kappa shape index (κ1) is 15.3. The van der Waals surface area contributed by atoms with Crippen LogP contribution in [0.1, 0.15) is 36.5 Å². The van der Waals surface area contributed by atoms with E-state index in [1.54, 1.807) is 0 Å². The highest BCUT2D eigenvalue weighted by atomic mass is 79.9. The molecule has 0 radical (unpaired) electrons. The fraction of sp³-hybridized carbons (Fsp3) is 0.562. The molecule has 114 valence electrons. The summed E-state index contributed by atoms with van der Waals surface area (Å²) in [7, 11) is 0. The van der Waals surface area contributed by atoms with Crippen LogP contribution in [-0.2, 0) is 0 Å². The average molecular weight is 372 g/mol. The molecule has 5 heteroatoms. The van der Waals surface area contributed by atoms with E-state index in [0.717, 1.165) is 17.6 Å². The molecule has 0 spiro atoms. The fourth-order valence-electron chi connectivity index (χ4n) is 3.46. The Morgan fingerprint density at radius 1 is 1.33 bits per heavy atom. The van der Waals surface area contributed by atoms with Crippen molar-refractivity contribution in [1.29, 1.82) is 0 Å². The molecule has 2 aliphatic rings. The quantitative estimate of drug-likeness (QED) is 0.749. The number of piperidine rings is 1. The lowest BCUT2D eigenvalue weighted by molar-refractivity contribution is 0.0152. The fourth-order valence-corrected chi connectivity index (χ4v) is 4.03. The van der Waals surface area contributed by atoms with Crippen molar-refractivity contribution in [3.05, 3.63) is 33.3 Å². The number of piperazine rings is 1. The Bertz CT molecular complexity index is 551. The number of hydrogen-bond donors (Lipinski definition) is 0. The Balaban J connectivity index is 1.82. The van der Waals surface area contributed by atoms with Gasteiger partial charge in [-0.1, -0.05) is 24.1 Å². The average Bonchev–Trinajstić information content (AvgIpc) is 2.48. The molecule has 0 saturated carbocycles. The van der Waals surface area contributed by atoms with Gasteiger partial charge in [0, 0.05) is 29.6 Å². The monoisotopic (exact) mass is 370 g/mol. The van der Waals surface area contributed by atoms with Gasteiger partial charge in [0.2, 0.25) is 0 Å². The number of carbonyl (C=O) groups is 1. The molecule has 2 fully saturated rings. The molecule has 1 amide bonds. The highest BCUT2D eigenvalue weighted by molar-refractivity contribution is 9.10. The maximum Gasteiger partial charge on any atom is 0.255 e. The molecular weight excluding hydrogens is 352 g/mol. The van der Waals surface area contributed by atoms with E-state index in [0.29, 0.717) is 16.6 Å². The zero-order valence-corrected chi connectivity index (χ0v) is 14.5. The summed E-state index contributed by atoms with van der Waals surface area (Å²) >= 11 is 9.69. The Morgan fingerprint density at radius 2 is 2.14 bits per heavy atom. The molecule has 2 aliphatic heterocycles. The zero-order chi connectivity index (χ0) is 15.0. The number of rotatable bonds is 1. The summed E-state index contributed by atoms with van der Waals surface area (Å²) in [5.41, 5.74) is 0.599. The third kappa shape index (κ3) is 2.99. The van der Waals surface area contributed by atoms with Gasteiger partial charge in [-0.3, -0.25) is 9.69 Å². The number of amides is 1. The van der Waals surface area contributed by atoms with Crippen molar-refractivity contribution in [2.24, 2.45) is 0 Å². The zero-order valence-electron chi connectivity index (χ0n) is 12.2. The second-order valence-electron chi connectivity index (χ2n) is 6.05. The van der Waals surface area contributed by atoms with Crippen LogP contribution in [0.15, 0.2) is 22.7 Å². The molecule has 1 aromatic rings. The van der Waals surface area contributed by atoms with Crippen LogP contribution in [0.3, 0.4) is 0 Å². The minimum absolute atomic E-state index is 0.0547. The Morgan fingerprint density at radius 3 is 2.95 bits per heavy atom. The van der Waals surface area contributed by atoms with Gasteiger partial charge in [0.25, 0.3) is 5.91 Å². The van der Waals surface area contributed by atoms with E-state index in [1.165, 1.54) is 25.8 Å². The van der Waals surface area contributed by atoms with Crippen molar-refractivity contribution in [2.75, 3.05) is 19.6 Å². The summed E-state index contributed by atoms with van der Waals surface area (Å²) in [6, 6.07) is 6.30. The number of halogens is 2. The lowest BCUT2D eigenvalue weighted by Crippen LogP contribution is -2.60. The highest BCUT2D eigenvalue weighted by Gasteiger charge is 2.36. The van der Waals surface area contributed by atoms with Gasteiger partial charge in [0.1, 0.15) is 0 Å². The Kier molecular flexibility index (Phi) is 4.57. The van der Waals surface area contributed by atoms with Crippen molar-refractivity contribution in [2.45, 2.75) is 38.3 Å². The van der Waals surface area contributed by atoms with Crippen molar-refractivity contribution < 1.29 is 4.79 Å². The third-order valence-electron chi connectivity index (χ3n) is 4.63.